The molecular weight excluding hydrogens is 652 g/mol. The molecule has 16 heteroatoms. The molecule has 1 fully saturated rings. The third-order valence-corrected chi connectivity index (χ3v) is 8.11. The van der Waals surface area contributed by atoms with Crippen LogP contribution in [0.1, 0.15) is 56.2 Å². The number of aryl methyl sites for hydroxylation is 2. The molecule has 0 atom stereocenters. The number of amides is 2. The van der Waals surface area contributed by atoms with Crippen molar-refractivity contribution >= 4 is 53.2 Å². The molecule has 2 amide bonds. The number of hydrogen-bond donors (Lipinski definition) is 4. The van der Waals surface area contributed by atoms with Crippen molar-refractivity contribution < 1.29 is 33.0 Å². The number of allylic oxidation sites excluding steroid dienone is 1. The van der Waals surface area contributed by atoms with Gasteiger partial charge in [0.1, 0.15) is 17.1 Å². The zero-order chi connectivity index (χ0) is 34.9. The summed E-state index contributed by atoms with van der Waals surface area (Å²) in [6, 6.07) is 4.74. The number of hydrogen-bond acceptors (Lipinski definition) is 13. The van der Waals surface area contributed by atoms with Crippen molar-refractivity contribution in [3.05, 3.63) is 65.0 Å². The highest BCUT2D eigenvalue weighted by Gasteiger charge is 2.23. The summed E-state index contributed by atoms with van der Waals surface area (Å²) < 4.78 is 23.8. The molecule has 0 aliphatic carbocycles. The first-order valence-electron chi connectivity index (χ1n) is 15.9. The number of imidazole rings is 1. The number of carbonyl (C=O) groups is 3. The van der Waals surface area contributed by atoms with Crippen LogP contribution in [-0.4, -0.2) is 95.3 Å². The summed E-state index contributed by atoms with van der Waals surface area (Å²) in [5, 5.41) is 6.03. The Morgan fingerprint density at radius 3 is 2.63 bits per heavy atom. The fourth-order valence-corrected chi connectivity index (χ4v) is 5.61. The number of rotatable bonds is 15. The fourth-order valence-electron chi connectivity index (χ4n) is 5.33. The van der Waals surface area contributed by atoms with E-state index in [0.717, 1.165) is 26.1 Å². The third-order valence-electron chi connectivity index (χ3n) is 7.77. The number of esters is 1. The van der Waals surface area contributed by atoms with Gasteiger partial charge in [0.05, 0.1) is 43.7 Å². The van der Waals surface area contributed by atoms with Gasteiger partial charge in [-0.25, -0.2) is 19.7 Å². The minimum atomic E-state index is -0.632. The summed E-state index contributed by atoms with van der Waals surface area (Å²) in [6.45, 7) is 8.58. The maximum Gasteiger partial charge on any atom is 0.339 e. The number of pyridine rings is 1. The number of fused-ring (bicyclic) bond motifs is 1. The lowest BCUT2D eigenvalue weighted by atomic mass is 10.1. The number of nitrogens with one attached hydrogen (secondary N) is 2. The van der Waals surface area contributed by atoms with Crippen LogP contribution >= 0.6 is 12.6 Å². The first kappa shape index (κ1) is 35.4. The lowest BCUT2D eigenvalue weighted by Gasteiger charge is -2.26. The molecule has 0 radical (unpaired) electrons. The second kappa shape index (κ2) is 16.5. The molecular formula is C33H40N8O7S. The van der Waals surface area contributed by atoms with Crippen molar-refractivity contribution in [2.45, 2.75) is 38.1 Å². The Balaban J connectivity index is 1.40. The van der Waals surface area contributed by atoms with E-state index in [0.29, 0.717) is 77.4 Å². The molecule has 1 aromatic carbocycles. The summed E-state index contributed by atoms with van der Waals surface area (Å²) in [4.78, 5) is 53.6. The summed E-state index contributed by atoms with van der Waals surface area (Å²) in [6.07, 6.45) is 6.41. The van der Waals surface area contributed by atoms with Gasteiger partial charge in [-0.1, -0.05) is 19.1 Å². The van der Waals surface area contributed by atoms with Gasteiger partial charge in [0.2, 0.25) is 17.6 Å². The van der Waals surface area contributed by atoms with Gasteiger partial charge in [0.15, 0.2) is 5.89 Å². The summed E-state index contributed by atoms with van der Waals surface area (Å²) in [7, 11) is 1.30. The second-order valence-corrected chi connectivity index (χ2v) is 11.6. The van der Waals surface area contributed by atoms with Crippen LogP contribution in [0.4, 0.5) is 11.8 Å². The van der Waals surface area contributed by atoms with E-state index >= 15 is 0 Å². The van der Waals surface area contributed by atoms with Gasteiger partial charge in [0.25, 0.3) is 5.91 Å². The van der Waals surface area contributed by atoms with Crippen molar-refractivity contribution in [3.8, 4) is 5.75 Å². The molecule has 15 nitrogen and oxygen atoms in total. The van der Waals surface area contributed by atoms with Gasteiger partial charge >= 0.3 is 5.97 Å². The molecule has 49 heavy (non-hydrogen) atoms. The van der Waals surface area contributed by atoms with Crippen molar-refractivity contribution in [3.63, 3.8) is 0 Å². The molecule has 260 valence electrons. The van der Waals surface area contributed by atoms with Gasteiger partial charge < -0.3 is 34.2 Å². The van der Waals surface area contributed by atoms with Crippen LogP contribution in [0.15, 0.2) is 45.9 Å². The van der Waals surface area contributed by atoms with E-state index in [1.54, 1.807) is 29.7 Å². The predicted molar refractivity (Wildman–Crippen MR) is 185 cm³/mol. The number of oxazole rings is 1. The third kappa shape index (κ3) is 8.76. The maximum absolute atomic E-state index is 13.4. The first-order chi connectivity index (χ1) is 23.7. The molecule has 1 saturated heterocycles. The van der Waals surface area contributed by atoms with E-state index in [1.165, 1.54) is 13.3 Å². The minimum Gasteiger partial charge on any atom is -0.491 e. The second-order valence-electron chi connectivity index (χ2n) is 11.2. The smallest absolute Gasteiger partial charge is 0.339 e. The highest BCUT2D eigenvalue weighted by Crippen LogP contribution is 2.32. The van der Waals surface area contributed by atoms with Crippen LogP contribution in [0.25, 0.3) is 11.0 Å². The van der Waals surface area contributed by atoms with Gasteiger partial charge in [-0.2, -0.15) is 0 Å². The Bertz CT molecular complexity index is 1850. The molecule has 5 rings (SSSR count). The Morgan fingerprint density at radius 2 is 1.92 bits per heavy atom. The zero-order valence-electron chi connectivity index (χ0n) is 27.7. The Labute approximate surface area is 288 Å². The number of carbonyl (C=O) groups excluding carboxylic acids is 3. The number of nitrogens with two attached hydrogens (primary N) is 1. The quantitative estimate of drug-likeness (QED) is 0.0616. The lowest BCUT2D eigenvalue weighted by molar-refractivity contribution is 0.0358. The molecule has 0 saturated carbocycles. The number of benzene rings is 1. The van der Waals surface area contributed by atoms with E-state index < -0.39 is 17.8 Å². The predicted octanol–water partition coefficient (Wildman–Crippen LogP) is 3.49. The van der Waals surface area contributed by atoms with Crippen LogP contribution in [0.5, 0.6) is 5.75 Å². The highest BCUT2D eigenvalue weighted by molar-refractivity contribution is 7.80. The number of methoxy groups -OCH3 is 1. The first-order valence-corrected chi connectivity index (χ1v) is 16.3. The van der Waals surface area contributed by atoms with Gasteiger partial charge in [0, 0.05) is 56.3 Å². The van der Waals surface area contributed by atoms with Crippen LogP contribution in [0.3, 0.4) is 0 Å². The number of nitrogens with zero attached hydrogens (tertiary/aromatic N) is 5. The van der Waals surface area contributed by atoms with E-state index in [9.17, 15) is 14.4 Å². The Hall–Kier alpha value is -4.93. The van der Waals surface area contributed by atoms with E-state index in [1.807, 2.05) is 19.1 Å². The van der Waals surface area contributed by atoms with Crippen LogP contribution in [-0.2, 0) is 22.4 Å². The number of morpholine rings is 1. The van der Waals surface area contributed by atoms with Gasteiger partial charge in [-0.3, -0.25) is 19.8 Å². The molecule has 1 aliphatic heterocycles. The Morgan fingerprint density at radius 1 is 1.12 bits per heavy atom. The summed E-state index contributed by atoms with van der Waals surface area (Å²) in [5.41, 5.74) is 7.72. The van der Waals surface area contributed by atoms with E-state index in [2.05, 4.69) is 43.1 Å². The lowest BCUT2D eigenvalue weighted by Crippen LogP contribution is -2.37. The fraction of sp³-hybridized carbons (Fsp3) is 0.394. The van der Waals surface area contributed by atoms with Gasteiger partial charge in [-0.15, -0.1) is 12.6 Å². The van der Waals surface area contributed by atoms with Crippen LogP contribution in [0.2, 0.25) is 0 Å². The molecule has 0 spiro atoms. The SMILES string of the molecule is CCc1nc(C)oc1C(=O)Nc1nc2cc(C(N)=O)cc(OCCCN3CCOCC3)c2n1C/C=C/CNc1ncc(C(=O)OC)cc1S. The van der Waals surface area contributed by atoms with Crippen molar-refractivity contribution in [2.24, 2.45) is 5.73 Å². The van der Waals surface area contributed by atoms with Crippen molar-refractivity contribution in [1.29, 1.82) is 0 Å². The molecule has 4 aromatic rings. The normalized spacial score (nSPS) is 13.6. The number of primary amides is 1. The maximum atomic E-state index is 13.4. The molecule has 4 N–H and O–H groups in total. The minimum absolute atomic E-state index is 0.101. The summed E-state index contributed by atoms with van der Waals surface area (Å²) >= 11 is 4.43. The van der Waals surface area contributed by atoms with Crippen molar-refractivity contribution in [1.82, 2.24) is 24.4 Å². The average Bonchev–Trinajstić information content (AvgIpc) is 3.66. The number of anilines is 2. The van der Waals surface area contributed by atoms with E-state index in [-0.39, 0.29) is 23.8 Å². The largest absolute Gasteiger partial charge is 0.491 e. The van der Waals surface area contributed by atoms with Gasteiger partial charge in [-0.05, 0) is 31.0 Å². The van der Waals surface area contributed by atoms with Crippen LogP contribution < -0.4 is 21.1 Å². The topological polar surface area (TPSA) is 189 Å². The Kier molecular flexibility index (Phi) is 11.9. The van der Waals surface area contributed by atoms with E-state index in [4.69, 9.17) is 24.4 Å². The van der Waals surface area contributed by atoms with Crippen LogP contribution in [0, 0.1) is 6.92 Å². The highest BCUT2D eigenvalue weighted by atomic mass is 32.1. The molecule has 1 aliphatic rings. The average molecular weight is 693 g/mol. The van der Waals surface area contributed by atoms with Crippen molar-refractivity contribution in [2.75, 3.05) is 63.7 Å². The molecule has 0 bridgehead atoms. The molecule has 0 unspecified atom stereocenters. The molecule has 3 aromatic heterocycles. The monoisotopic (exact) mass is 692 g/mol. The standard InChI is InChI=1S/C33H40N8O7S/c1-4-23-28(48-20(2)37-23)31(43)39-33-38-24-16-21(29(34)42)17-25(47-13-7-9-40-11-14-46-15-12-40)27(24)41(33)10-6-5-8-35-30-26(49)18-22(19-36-30)32(44)45-3/h5-6,16-19,49H,4,7-15H2,1-3H3,(H2,34,42)(H,35,36)(H,38,39,43)/b6-5+. The number of aromatic nitrogens is 4. The summed E-state index contributed by atoms with van der Waals surface area (Å²) in [5.74, 6) is -0.0517. The number of ether oxygens (including phenoxy) is 3. The molecule has 4 heterocycles. The number of thiol groups is 1. The zero-order valence-corrected chi connectivity index (χ0v) is 28.5.